The summed E-state index contributed by atoms with van der Waals surface area (Å²) in [4.78, 5) is 21.3. The van der Waals surface area contributed by atoms with Crippen molar-refractivity contribution in [3.8, 4) is 0 Å². The summed E-state index contributed by atoms with van der Waals surface area (Å²) >= 11 is 0. The zero-order valence-electron chi connectivity index (χ0n) is 6.24. The molecule has 1 rings (SSSR count). The predicted octanol–water partition coefficient (Wildman–Crippen LogP) is 0.223. The molecule has 1 heterocycles. The van der Waals surface area contributed by atoms with Crippen molar-refractivity contribution >= 4 is 5.97 Å². The Balaban J connectivity index is 3.49. The smallest absolute Gasteiger partial charge is 0.341 e. The standard InChI is InChI=1S/C7H6FNO3/c1-9-3-4(8)2-5(6(9)10)7(11)12/h2-3H,1H3,(H,11,12). The van der Waals surface area contributed by atoms with Crippen molar-refractivity contribution in [3.63, 3.8) is 0 Å². The van der Waals surface area contributed by atoms with Gasteiger partial charge >= 0.3 is 5.97 Å². The highest BCUT2D eigenvalue weighted by Gasteiger charge is 2.10. The highest BCUT2D eigenvalue weighted by molar-refractivity contribution is 5.87. The Hall–Kier alpha value is -1.65. The van der Waals surface area contributed by atoms with Gasteiger partial charge in [0.2, 0.25) is 0 Å². The number of nitrogens with zero attached hydrogens (tertiary/aromatic N) is 1. The van der Waals surface area contributed by atoms with Gasteiger partial charge in [0.25, 0.3) is 5.56 Å². The van der Waals surface area contributed by atoms with E-state index in [-0.39, 0.29) is 0 Å². The highest BCUT2D eigenvalue weighted by atomic mass is 19.1. The lowest BCUT2D eigenvalue weighted by Crippen LogP contribution is -2.24. The number of aryl methyl sites for hydroxylation is 1. The van der Waals surface area contributed by atoms with E-state index in [9.17, 15) is 14.0 Å². The molecular formula is C7H6FNO3. The SMILES string of the molecule is Cn1cc(F)cc(C(=O)O)c1=O. The molecule has 1 N–H and O–H groups in total. The summed E-state index contributed by atoms with van der Waals surface area (Å²) in [6, 6.07) is 0.699. The van der Waals surface area contributed by atoms with Crippen molar-refractivity contribution in [1.29, 1.82) is 0 Å². The van der Waals surface area contributed by atoms with Gasteiger partial charge < -0.3 is 9.67 Å². The number of carbonyl (C=O) groups is 1. The number of rotatable bonds is 1. The Labute approximate surface area is 66.9 Å². The molecule has 0 aliphatic heterocycles. The molecule has 0 spiro atoms. The van der Waals surface area contributed by atoms with E-state index in [0.29, 0.717) is 6.07 Å². The first-order valence-electron chi connectivity index (χ1n) is 3.12. The topological polar surface area (TPSA) is 59.3 Å². The molecule has 0 unspecified atom stereocenters. The molecule has 0 aliphatic carbocycles. The maximum Gasteiger partial charge on any atom is 0.341 e. The lowest BCUT2D eigenvalue weighted by molar-refractivity contribution is 0.0693. The van der Waals surface area contributed by atoms with E-state index in [1.165, 1.54) is 7.05 Å². The monoisotopic (exact) mass is 171 g/mol. The van der Waals surface area contributed by atoms with Gasteiger partial charge in [-0.2, -0.15) is 0 Å². The third kappa shape index (κ3) is 1.34. The number of halogens is 1. The second-order valence-electron chi connectivity index (χ2n) is 2.29. The summed E-state index contributed by atoms with van der Waals surface area (Å²) in [6.45, 7) is 0. The Morgan fingerprint density at radius 2 is 2.25 bits per heavy atom. The van der Waals surface area contributed by atoms with Crippen LogP contribution < -0.4 is 5.56 Å². The molecule has 0 aromatic carbocycles. The van der Waals surface area contributed by atoms with Crippen LogP contribution in [0.25, 0.3) is 0 Å². The van der Waals surface area contributed by atoms with Gasteiger partial charge in [-0.3, -0.25) is 4.79 Å². The normalized spacial score (nSPS) is 9.83. The first-order chi connectivity index (χ1) is 5.52. The van der Waals surface area contributed by atoms with Gasteiger partial charge in [0.05, 0.1) is 0 Å². The molecule has 0 bridgehead atoms. The third-order valence-electron chi connectivity index (χ3n) is 1.38. The summed E-state index contributed by atoms with van der Waals surface area (Å²) in [5.74, 6) is -2.16. The van der Waals surface area contributed by atoms with Crippen molar-refractivity contribution in [1.82, 2.24) is 4.57 Å². The number of carboxylic acid groups (broad SMARTS) is 1. The van der Waals surface area contributed by atoms with E-state index >= 15 is 0 Å². The van der Waals surface area contributed by atoms with Crippen LogP contribution in [-0.2, 0) is 7.05 Å². The van der Waals surface area contributed by atoms with Gasteiger partial charge in [0, 0.05) is 13.2 Å². The number of aromatic nitrogens is 1. The molecule has 12 heavy (non-hydrogen) atoms. The largest absolute Gasteiger partial charge is 0.477 e. The maximum atomic E-state index is 12.5. The average Bonchev–Trinajstić information content (AvgIpc) is 1.96. The van der Waals surface area contributed by atoms with Crippen molar-refractivity contribution in [2.45, 2.75) is 0 Å². The van der Waals surface area contributed by atoms with Gasteiger partial charge in [-0.25, -0.2) is 9.18 Å². The molecule has 0 amide bonds. The van der Waals surface area contributed by atoms with E-state index in [4.69, 9.17) is 5.11 Å². The van der Waals surface area contributed by atoms with Crippen LogP contribution in [0, 0.1) is 5.82 Å². The zero-order chi connectivity index (χ0) is 9.30. The Kier molecular flexibility index (Phi) is 1.95. The molecule has 0 saturated carbocycles. The molecule has 0 aliphatic rings. The van der Waals surface area contributed by atoms with Crippen LogP contribution >= 0.6 is 0 Å². The highest BCUT2D eigenvalue weighted by Crippen LogP contribution is 1.96. The molecule has 1 aromatic heterocycles. The number of pyridine rings is 1. The van der Waals surface area contributed by atoms with E-state index in [0.717, 1.165) is 10.8 Å². The molecule has 4 nitrogen and oxygen atoms in total. The minimum atomic E-state index is -1.42. The Morgan fingerprint density at radius 1 is 1.67 bits per heavy atom. The van der Waals surface area contributed by atoms with Crippen LogP contribution in [-0.4, -0.2) is 15.6 Å². The van der Waals surface area contributed by atoms with Crippen molar-refractivity contribution in [2.24, 2.45) is 7.05 Å². The van der Waals surface area contributed by atoms with Gasteiger partial charge in [-0.15, -0.1) is 0 Å². The molecule has 64 valence electrons. The van der Waals surface area contributed by atoms with Crippen LogP contribution in [0.4, 0.5) is 4.39 Å². The zero-order valence-corrected chi connectivity index (χ0v) is 6.24. The average molecular weight is 171 g/mol. The van der Waals surface area contributed by atoms with Crippen LogP contribution in [0.2, 0.25) is 0 Å². The van der Waals surface area contributed by atoms with E-state index in [1.807, 2.05) is 0 Å². The van der Waals surface area contributed by atoms with Crippen molar-refractivity contribution in [2.75, 3.05) is 0 Å². The second-order valence-corrected chi connectivity index (χ2v) is 2.29. The van der Waals surface area contributed by atoms with E-state index in [2.05, 4.69) is 0 Å². The lowest BCUT2D eigenvalue weighted by Gasteiger charge is -1.98. The number of hydrogen-bond donors (Lipinski definition) is 1. The molecular weight excluding hydrogens is 165 g/mol. The summed E-state index contributed by atoms with van der Waals surface area (Å²) in [6.07, 6.45) is 0.925. The quantitative estimate of drug-likeness (QED) is 0.657. The van der Waals surface area contributed by atoms with Crippen molar-refractivity contribution < 1.29 is 14.3 Å². The Morgan fingerprint density at radius 3 is 2.75 bits per heavy atom. The summed E-state index contributed by atoms with van der Waals surface area (Å²) < 4.78 is 13.4. The second kappa shape index (κ2) is 2.77. The van der Waals surface area contributed by atoms with Gasteiger partial charge in [-0.1, -0.05) is 0 Å². The maximum absolute atomic E-state index is 12.5. The summed E-state index contributed by atoms with van der Waals surface area (Å²) in [7, 11) is 1.29. The van der Waals surface area contributed by atoms with Crippen LogP contribution in [0.15, 0.2) is 17.1 Å². The summed E-state index contributed by atoms with van der Waals surface area (Å²) in [5.41, 5.74) is -1.28. The van der Waals surface area contributed by atoms with E-state index < -0.39 is 22.9 Å². The Bertz CT molecular complexity index is 383. The molecule has 0 fully saturated rings. The van der Waals surface area contributed by atoms with E-state index in [1.54, 1.807) is 0 Å². The molecule has 1 aromatic rings. The fourth-order valence-electron chi connectivity index (χ4n) is 0.824. The number of carboxylic acids is 1. The molecule has 0 saturated heterocycles. The number of hydrogen-bond acceptors (Lipinski definition) is 2. The molecule has 5 heteroatoms. The van der Waals surface area contributed by atoms with Crippen molar-refractivity contribution in [3.05, 3.63) is 34.0 Å². The number of aromatic carboxylic acids is 1. The minimum absolute atomic E-state index is 0.558. The van der Waals surface area contributed by atoms with Crippen LogP contribution in [0.3, 0.4) is 0 Å². The van der Waals surface area contributed by atoms with Crippen LogP contribution in [0.1, 0.15) is 10.4 Å². The van der Waals surface area contributed by atoms with Gasteiger partial charge in [0.15, 0.2) is 0 Å². The first kappa shape index (κ1) is 8.45. The van der Waals surface area contributed by atoms with Crippen LogP contribution in [0.5, 0.6) is 0 Å². The predicted molar refractivity (Wildman–Crippen MR) is 38.6 cm³/mol. The summed E-state index contributed by atoms with van der Waals surface area (Å²) in [5, 5.41) is 8.43. The minimum Gasteiger partial charge on any atom is -0.477 e. The fraction of sp³-hybridized carbons (Fsp3) is 0.143. The molecule has 0 atom stereocenters. The lowest BCUT2D eigenvalue weighted by atomic mass is 10.3. The van der Waals surface area contributed by atoms with Gasteiger partial charge in [0.1, 0.15) is 11.4 Å². The first-order valence-corrected chi connectivity index (χ1v) is 3.12. The molecule has 0 radical (unpaired) electrons. The third-order valence-corrected chi connectivity index (χ3v) is 1.38. The van der Waals surface area contributed by atoms with Gasteiger partial charge in [-0.05, 0) is 6.07 Å². The fourth-order valence-corrected chi connectivity index (χ4v) is 0.824.